The summed E-state index contributed by atoms with van der Waals surface area (Å²) in [5, 5.41) is 7.19. The molecule has 3 N–H and O–H groups in total. The van der Waals surface area contributed by atoms with Crippen LogP contribution in [0, 0.1) is 12.8 Å². The molecule has 22 heavy (non-hydrogen) atoms. The summed E-state index contributed by atoms with van der Waals surface area (Å²) in [6.07, 6.45) is 9.47. The fourth-order valence-corrected chi connectivity index (χ4v) is 3.11. The van der Waals surface area contributed by atoms with Crippen LogP contribution < -0.4 is 11.1 Å². The lowest BCUT2D eigenvalue weighted by Crippen LogP contribution is -2.46. The van der Waals surface area contributed by atoms with Crippen molar-refractivity contribution in [2.75, 3.05) is 6.54 Å². The number of aryl methyl sites for hydroxylation is 1. The topological polar surface area (TPSA) is 98.2 Å². The van der Waals surface area contributed by atoms with Crippen molar-refractivity contribution in [2.45, 2.75) is 45.1 Å². The minimum Gasteiger partial charge on any atom is -0.345 e. The molecule has 2 aromatic heterocycles. The SMILES string of the molecule is Cc1cnc2nc(C(=O)N[C@@H](CN)C3CCCCC3)nn2c1. The minimum atomic E-state index is -0.274. The second-order valence-corrected chi connectivity index (χ2v) is 6.03. The van der Waals surface area contributed by atoms with E-state index in [1.54, 1.807) is 12.4 Å². The van der Waals surface area contributed by atoms with Gasteiger partial charge in [0, 0.05) is 25.0 Å². The number of aromatic nitrogens is 4. The predicted molar refractivity (Wildman–Crippen MR) is 82.4 cm³/mol. The van der Waals surface area contributed by atoms with Gasteiger partial charge in [-0.05, 0) is 31.2 Å². The Labute approximate surface area is 129 Å². The molecule has 1 saturated carbocycles. The largest absolute Gasteiger partial charge is 0.345 e. The molecule has 2 heterocycles. The van der Waals surface area contributed by atoms with Crippen LogP contribution >= 0.6 is 0 Å². The van der Waals surface area contributed by atoms with Gasteiger partial charge in [-0.3, -0.25) is 4.79 Å². The molecule has 2 aromatic rings. The number of rotatable bonds is 4. The predicted octanol–water partition coefficient (Wildman–Crippen LogP) is 1.07. The monoisotopic (exact) mass is 302 g/mol. The molecule has 1 aliphatic carbocycles. The van der Waals surface area contributed by atoms with E-state index in [1.807, 2.05) is 6.92 Å². The van der Waals surface area contributed by atoms with Gasteiger partial charge in [0.15, 0.2) is 0 Å². The van der Waals surface area contributed by atoms with Gasteiger partial charge in [-0.1, -0.05) is 19.3 Å². The zero-order chi connectivity index (χ0) is 15.5. The summed E-state index contributed by atoms with van der Waals surface area (Å²) in [7, 11) is 0. The van der Waals surface area contributed by atoms with Crippen LogP contribution in [-0.2, 0) is 0 Å². The maximum absolute atomic E-state index is 12.4. The summed E-state index contributed by atoms with van der Waals surface area (Å²) >= 11 is 0. The van der Waals surface area contributed by atoms with Crippen LogP contribution in [0.25, 0.3) is 5.78 Å². The number of amides is 1. The maximum Gasteiger partial charge on any atom is 0.291 e. The number of nitrogens with one attached hydrogen (secondary N) is 1. The fourth-order valence-electron chi connectivity index (χ4n) is 3.11. The minimum absolute atomic E-state index is 0.00546. The van der Waals surface area contributed by atoms with E-state index in [2.05, 4.69) is 20.4 Å². The third-order valence-electron chi connectivity index (χ3n) is 4.32. The molecule has 1 aliphatic rings. The molecular formula is C15H22N6O. The molecule has 0 aliphatic heterocycles. The fraction of sp³-hybridized carbons (Fsp3) is 0.600. The highest BCUT2D eigenvalue weighted by Gasteiger charge is 2.25. The molecule has 0 unspecified atom stereocenters. The number of hydrogen-bond donors (Lipinski definition) is 2. The molecule has 1 fully saturated rings. The third-order valence-corrected chi connectivity index (χ3v) is 4.32. The van der Waals surface area contributed by atoms with Crippen LogP contribution in [0.4, 0.5) is 0 Å². The molecule has 118 valence electrons. The molecule has 0 bridgehead atoms. The Morgan fingerprint density at radius 2 is 2.23 bits per heavy atom. The summed E-state index contributed by atoms with van der Waals surface area (Å²) in [5.74, 6) is 0.759. The zero-order valence-corrected chi connectivity index (χ0v) is 12.8. The molecule has 0 saturated heterocycles. The molecule has 1 atom stereocenters. The molecule has 0 aromatic carbocycles. The lowest BCUT2D eigenvalue weighted by atomic mass is 9.84. The van der Waals surface area contributed by atoms with Gasteiger partial charge < -0.3 is 11.1 Å². The van der Waals surface area contributed by atoms with Gasteiger partial charge in [-0.15, -0.1) is 5.10 Å². The molecule has 1 amide bonds. The van der Waals surface area contributed by atoms with Gasteiger partial charge in [0.25, 0.3) is 11.7 Å². The number of nitrogens with zero attached hydrogens (tertiary/aromatic N) is 4. The van der Waals surface area contributed by atoms with E-state index < -0.39 is 0 Å². The lowest BCUT2D eigenvalue weighted by Gasteiger charge is -2.29. The first-order valence-corrected chi connectivity index (χ1v) is 7.87. The Hall–Kier alpha value is -2.02. The quantitative estimate of drug-likeness (QED) is 0.880. The van der Waals surface area contributed by atoms with Gasteiger partial charge in [-0.25, -0.2) is 9.50 Å². The number of fused-ring (bicyclic) bond motifs is 1. The highest BCUT2D eigenvalue weighted by atomic mass is 16.2. The van der Waals surface area contributed by atoms with E-state index in [0.717, 1.165) is 18.4 Å². The zero-order valence-electron chi connectivity index (χ0n) is 12.8. The summed E-state index contributed by atoms with van der Waals surface area (Å²) in [6.45, 7) is 2.36. The smallest absolute Gasteiger partial charge is 0.291 e. The number of carbonyl (C=O) groups is 1. The van der Waals surface area contributed by atoms with Crippen molar-refractivity contribution in [1.82, 2.24) is 24.9 Å². The maximum atomic E-state index is 12.4. The van der Waals surface area contributed by atoms with Gasteiger partial charge in [0.05, 0.1) is 0 Å². The van der Waals surface area contributed by atoms with Crippen molar-refractivity contribution in [3.63, 3.8) is 0 Å². The Kier molecular flexibility index (Phi) is 4.33. The average Bonchev–Trinajstić information content (AvgIpc) is 2.96. The molecule has 3 rings (SSSR count). The van der Waals surface area contributed by atoms with E-state index in [9.17, 15) is 4.79 Å². The van der Waals surface area contributed by atoms with Gasteiger partial charge in [0.1, 0.15) is 0 Å². The van der Waals surface area contributed by atoms with Crippen molar-refractivity contribution in [2.24, 2.45) is 11.7 Å². The van der Waals surface area contributed by atoms with Crippen molar-refractivity contribution in [1.29, 1.82) is 0 Å². The van der Waals surface area contributed by atoms with E-state index in [4.69, 9.17) is 5.73 Å². The molecule has 0 radical (unpaired) electrons. The Morgan fingerprint density at radius 3 is 2.95 bits per heavy atom. The molecule has 7 nitrogen and oxygen atoms in total. The van der Waals surface area contributed by atoms with Crippen LogP contribution in [0.3, 0.4) is 0 Å². The Balaban J connectivity index is 1.73. The Bertz CT molecular complexity index is 661. The average molecular weight is 302 g/mol. The van der Waals surface area contributed by atoms with Crippen molar-refractivity contribution < 1.29 is 4.79 Å². The molecular weight excluding hydrogens is 280 g/mol. The molecule has 7 heteroatoms. The second-order valence-electron chi connectivity index (χ2n) is 6.03. The number of carbonyl (C=O) groups excluding carboxylic acids is 1. The first-order chi connectivity index (χ1) is 10.7. The van der Waals surface area contributed by atoms with E-state index in [1.165, 1.54) is 23.8 Å². The highest BCUT2D eigenvalue weighted by Crippen LogP contribution is 2.26. The van der Waals surface area contributed by atoms with Gasteiger partial charge in [-0.2, -0.15) is 4.98 Å². The first-order valence-electron chi connectivity index (χ1n) is 7.87. The lowest BCUT2D eigenvalue weighted by molar-refractivity contribution is 0.0905. The van der Waals surface area contributed by atoms with Crippen molar-refractivity contribution >= 4 is 11.7 Å². The van der Waals surface area contributed by atoms with Crippen molar-refractivity contribution in [3.05, 3.63) is 23.8 Å². The summed E-state index contributed by atoms with van der Waals surface area (Å²) in [5.41, 5.74) is 6.82. The van der Waals surface area contributed by atoms with E-state index >= 15 is 0 Å². The number of hydrogen-bond acceptors (Lipinski definition) is 5. The van der Waals surface area contributed by atoms with E-state index in [-0.39, 0.29) is 17.8 Å². The first kappa shape index (κ1) is 14.9. The molecule has 0 spiro atoms. The Morgan fingerprint density at radius 1 is 1.45 bits per heavy atom. The van der Waals surface area contributed by atoms with Crippen molar-refractivity contribution in [3.8, 4) is 0 Å². The van der Waals surface area contributed by atoms with E-state index in [0.29, 0.717) is 18.2 Å². The van der Waals surface area contributed by atoms with Crippen LogP contribution in [0.1, 0.15) is 48.3 Å². The second kappa shape index (κ2) is 6.39. The van der Waals surface area contributed by atoms with Gasteiger partial charge >= 0.3 is 0 Å². The number of nitrogens with two attached hydrogens (primary N) is 1. The summed E-state index contributed by atoms with van der Waals surface area (Å²) < 4.78 is 1.53. The standard InChI is InChI=1S/C15H22N6O/c1-10-8-17-15-19-13(20-21(15)9-10)14(22)18-12(7-16)11-5-3-2-4-6-11/h8-9,11-12H,2-7,16H2,1H3,(H,18,22)/t12-/m0/s1. The van der Waals surface area contributed by atoms with Crippen LogP contribution in [-0.4, -0.2) is 38.1 Å². The summed E-state index contributed by atoms with van der Waals surface area (Å²) in [4.78, 5) is 20.7. The summed E-state index contributed by atoms with van der Waals surface area (Å²) in [6, 6.07) is -0.00546. The highest BCUT2D eigenvalue weighted by molar-refractivity contribution is 5.91. The van der Waals surface area contributed by atoms with Crippen LogP contribution in [0.15, 0.2) is 12.4 Å². The van der Waals surface area contributed by atoms with Gasteiger partial charge in [0.2, 0.25) is 5.82 Å². The third kappa shape index (κ3) is 3.09. The normalized spacial score (nSPS) is 17.5. The van der Waals surface area contributed by atoms with Crippen LogP contribution in [0.2, 0.25) is 0 Å². The van der Waals surface area contributed by atoms with Crippen LogP contribution in [0.5, 0.6) is 0 Å².